The Morgan fingerprint density at radius 1 is 1.11 bits per heavy atom. The Hall–Kier alpha value is -1.30. The van der Waals surface area contributed by atoms with Crippen molar-refractivity contribution in [3.63, 3.8) is 0 Å². The van der Waals surface area contributed by atoms with Gasteiger partial charge in [0.25, 0.3) is 0 Å². The van der Waals surface area contributed by atoms with Crippen LogP contribution in [0.15, 0.2) is 29.3 Å². The smallest absolute Gasteiger partial charge is 0.224 e. The quantitative estimate of drug-likeness (QED) is 0.606. The number of para-hydroxylation sites is 1. The molecule has 96 valence electrons. The van der Waals surface area contributed by atoms with Crippen molar-refractivity contribution in [3.05, 3.63) is 30.1 Å². The van der Waals surface area contributed by atoms with Gasteiger partial charge in [-0.25, -0.2) is 9.97 Å². The fraction of sp³-hybridized carbons (Fsp3) is 0.333. The van der Waals surface area contributed by atoms with Crippen molar-refractivity contribution in [2.24, 2.45) is 0 Å². The van der Waals surface area contributed by atoms with Crippen LogP contribution in [-0.4, -0.2) is 15.2 Å². The number of rotatable bonds is 2. The molecule has 1 aromatic carbocycles. The van der Waals surface area contributed by atoms with Gasteiger partial charge in [0.1, 0.15) is 5.03 Å². The van der Waals surface area contributed by atoms with Crippen LogP contribution in [0.1, 0.15) is 19.7 Å². The third-order valence-corrected chi connectivity index (χ3v) is 3.18. The molecule has 2 aromatic rings. The van der Waals surface area contributed by atoms with Crippen LogP contribution >= 0.6 is 11.8 Å². The van der Waals surface area contributed by atoms with Gasteiger partial charge in [0.2, 0.25) is 5.82 Å². The van der Waals surface area contributed by atoms with E-state index in [1.165, 1.54) is 11.8 Å². The van der Waals surface area contributed by atoms with Crippen LogP contribution in [0, 0.1) is 0 Å². The third-order valence-electron chi connectivity index (χ3n) is 2.17. The average molecular weight is 272 g/mol. The highest BCUT2D eigenvalue weighted by molar-refractivity contribution is 8.00. The molecule has 0 unspecified atom stereocenters. The Balaban J connectivity index is 2.64. The average Bonchev–Trinajstić information content (AvgIpc) is 2.27. The molecule has 0 N–H and O–H groups in total. The highest BCUT2D eigenvalue weighted by Crippen LogP contribution is 2.33. The molecule has 0 amide bonds. The Morgan fingerprint density at radius 3 is 2.39 bits per heavy atom. The summed E-state index contributed by atoms with van der Waals surface area (Å²) >= 11 is 1.31. The predicted molar refractivity (Wildman–Crippen MR) is 65.5 cm³/mol. The number of hydrogen-bond donors (Lipinski definition) is 0. The van der Waals surface area contributed by atoms with E-state index < -0.39 is 12.0 Å². The minimum Gasteiger partial charge on any atom is -0.224 e. The number of thioether (sulfide) groups is 1. The summed E-state index contributed by atoms with van der Waals surface area (Å²) in [7, 11) is 0. The van der Waals surface area contributed by atoms with E-state index in [1.807, 2.05) is 13.8 Å². The first-order valence-corrected chi connectivity index (χ1v) is 6.26. The molecular formula is C12H11F3N2S. The number of halogens is 3. The van der Waals surface area contributed by atoms with E-state index in [1.54, 1.807) is 24.3 Å². The maximum atomic E-state index is 12.7. The topological polar surface area (TPSA) is 25.8 Å². The molecule has 0 aliphatic heterocycles. The third kappa shape index (κ3) is 2.75. The number of nitrogens with zero attached hydrogens (tertiary/aromatic N) is 2. The molecule has 0 spiro atoms. The van der Waals surface area contributed by atoms with Crippen molar-refractivity contribution in [1.82, 2.24) is 9.97 Å². The van der Waals surface area contributed by atoms with Crippen molar-refractivity contribution < 1.29 is 13.2 Å². The van der Waals surface area contributed by atoms with Crippen LogP contribution in [0.5, 0.6) is 0 Å². The highest BCUT2D eigenvalue weighted by atomic mass is 32.2. The molecule has 0 atom stereocenters. The normalized spacial score (nSPS) is 12.3. The predicted octanol–water partition coefficient (Wildman–Crippen LogP) is 4.15. The summed E-state index contributed by atoms with van der Waals surface area (Å²) in [4.78, 5) is 7.20. The summed E-state index contributed by atoms with van der Waals surface area (Å²) in [6, 6.07) is 6.74. The number of fused-ring (bicyclic) bond motifs is 1. The highest BCUT2D eigenvalue weighted by Gasteiger charge is 2.35. The van der Waals surface area contributed by atoms with E-state index in [2.05, 4.69) is 9.97 Å². The first kappa shape index (κ1) is 13.1. The largest absolute Gasteiger partial charge is 0.451 e. The zero-order valence-electron chi connectivity index (χ0n) is 9.82. The van der Waals surface area contributed by atoms with E-state index in [4.69, 9.17) is 0 Å². The molecule has 0 bridgehead atoms. The SMILES string of the molecule is CC(C)Sc1nc(C(F)(F)F)nc2ccccc12. The van der Waals surface area contributed by atoms with Crippen LogP contribution in [0.2, 0.25) is 0 Å². The monoisotopic (exact) mass is 272 g/mol. The van der Waals surface area contributed by atoms with Gasteiger partial charge in [-0.1, -0.05) is 32.0 Å². The molecule has 0 aliphatic carbocycles. The summed E-state index contributed by atoms with van der Waals surface area (Å²) in [6.45, 7) is 3.82. The Morgan fingerprint density at radius 2 is 1.78 bits per heavy atom. The Bertz CT molecular complexity index is 567. The molecule has 0 saturated carbocycles. The molecule has 0 fully saturated rings. The fourth-order valence-corrected chi connectivity index (χ4v) is 2.37. The molecule has 0 saturated heterocycles. The summed E-state index contributed by atoms with van der Waals surface area (Å²) < 4.78 is 38.1. The van der Waals surface area contributed by atoms with Crippen LogP contribution in [-0.2, 0) is 6.18 Å². The molecule has 6 heteroatoms. The molecule has 0 aliphatic rings. The zero-order chi connectivity index (χ0) is 13.3. The second kappa shape index (κ2) is 4.76. The summed E-state index contributed by atoms with van der Waals surface area (Å²) in [6.07, 6.45) is -4.52. The van der Waals surface area contributed by atoms with E-state index in [9.17, 15) is 13.2 Å². The van der Waals surface area contributed by atoms with Gasteiger partial charge in [-0.2, -0.15) is 13.2 Å². The zero-order valence-corrected chi connectivity index (χ0v) is 10.6. The van der Waals surface area contributed by atoms with Crippen LogP contribution in [0.4, 0.5) is 13.2 Å². The maximum Gasteiger partial charge on any atom is 0.451 e. The van der Waals surface area contributed by atoms with Gasteiger partial charge in [-0.15, -0.1) is 11.8 Å². The minimum absolute atomic E-state index is 0.157. The number of aromatic nitrogens is 2. The van der Waals surface area contributed by atoms with Gasteiger partial charge in [0, 0.05) is 10.6 Å². The molecule has 1 aromatic heterocycles. The van der Waals surface area contributed by atoms with Gasteiger partial charge in [0.15, 0.2) is 0 Å². The second-order valence-corrected chi connectivity index (χ2v) is 5.60. The molecule has 18 heavy (non-hydrogen) atoms. The van der Waals surface area contributed by atoms with Crippen molar-refractivity contribution in [3.8, 4) is 0 Å². The van der Waals surface area contributed by atoms with Crippen molar-refractivity contribution >= 4 is 22.7 Å². The molecule has 1 heterocycles. The van der Waals surface area contributed by atoms with Crippen LogP contribution in [0.25, 0.3) is 10.9 Å². The van der Waals surface area contributed by atoms with E-state index >= 15 is 0 Å². The molecular weight excluding hydrogens is 261 g/mol. The van der Waals surface area contributed by atoms with Crippen LogP contribution in [0.3, 0.4) is 0 Å². The summed E-state index contributed by atoms with van der Waals surface area (Å²) in [5, 5.41) is 1.19. The maximum absolute atomic E-state index is 12.7. The lowest BCUT2D eigenvalue weighted by molar-refractivity contribution is -0.145. The lowest BCUT2D eigenvalue weighted by Gasteiger charge is -2.11. The van der Waals surface area contributed by atoms with Gasteiger partial charge in [-0.3, -0.25) is 0 Å². The van der Waals surface area contributed by atoms with Gasteiger partial charge in [-0.05, 0) is 6.07 Å². The first-order chi connectivity index (χ1) is 8.38. The molecule has 2 nitrogen and oxygen atoms in total. The van der Waals surface area contributed by atoms with Crippen molar-refractivity contribution in [2.75, 3.05) is 0 Å². The standard InChI is InChI=1S/C12H11F3N2S/c1-7(2)18-10-8-5-3-4-6-9(8)16-11(17-10)12(13,14)15/h3-7H,1-2H3. The van der Waals surface area contributed by atoms with Crippen molar-refractivity contribution in [1.29, 1.82) is 0 Å². The lowest BCUT2D eigenvalue weighted by Crippen LogP contribution is -2.12. The summed E-state index contributed by atoms with van der Waals surface area (Å²) in [5.41, 5.74) is 0.322. The first-order valence-electron chi connectivity index (χ1n) is 5.38. The van der Waals surface area contributed by atoms with Gasteiger partial charge < -0.3 is 0 Å². The Kier molecular flexibility index (Phi) is 3.47. The molecule has 0 radical (unpaired) electrons. The lowest BCUT2D eigenvalue weighted by atomic mass is 10.2. The number of benzene rings is 1. The van der Waals surface area contributed by atoms with E-state index in [0.717, 1.165) is 0 Å². The summed E-state index contributed by atoms with van der Waals surface area (Å²) in [5.74, 6) is -1.08. The minimum atomic E-state index is -4.52. The van der Waals surface area contributed by atoms with Gasteiger partial charge in [0.05, 0.1) is 5.52 Å². The van der Waals surface area contributed by atoms with E-state index in [0.29, 0.717) is 15.9 Å². The van der Waals surface area contributed by atoms with Crippen LogP contribution < -0.4 is 0 Å². The van der Waals surface area contributed by atoms with E-state index in [-0.39, 0.29) is 5.25 Å². The number of hydrogen-bond acceptors (Lipinski definition) is 3. The van der Waals surface area contributed by atoms with Gasteiger partial charge >= 0.3 is 6.18 Å². The second-order valence-electron chi connectivity index (χ2n) is 4.03. The molecule has 2 rings (SSSR count). The number of alkyl halides is 3. The van der Waals surface area contributed by atoms with Crippen molar-refractivity contribution in [2.45, 2.75) is 30.3 Å². The fourth-order valence-electron chi connectivity index (χ4n) is 1.49. The Labute approximate surface area is 107 Å².